The van der Waals surface area contributed by atoms with Crippen molar-refractivity contribution in [3.63, 3.8) is 0 Å². The van der Waals surface area contributed by atoms with Crippen molar-refractivity contribution in [2.45, 2.75) is 31.8 Å². The van der Waals surface area contributed by atoms with Gasteiger partial charge in [-0.25, -0.2) is 4.68 Å². The first-order valence-corrected chi connectivity index (χ1v) is 6.90. The van der Waals surface area contributed by atoms with Gasteiger partial charge in [-0.05, 0) is 25.8 Å². The molecular formula is C12H13N3O3S. The van der Waals surface area contributed by atoms with Gasteiger partial charge < -0.3 is 5.11 Å². The van der Waals surface area contributed by atoms with Gasteiger partial charge in [-0.3, -0.25) is 10.1 Å². The first kappa shape index (κ1) is 12.3. The molecule has 0 bridgehead atoms. The van der Waals surface area contributed by atoms with Crippen LogP contribution in [0.15, 0.2) is 18.3 Å². The van der Waals surface area contributed by atoms with Crippen molar-refractivity contribution in [3.8, 4) is 5.00 Å². The second kappa shape index (κ2) is 4.43. The van der Waals surface area contributed by atoms with Crippen LogP contribution in [0.4, 0.5) is 5.69 Å². The summed E-state index contributed by atoms with van der Waals surface area (Å²) >= 11 is 1.20. The predicted molar refractivity (Wildman–Crippen MR) is 70.7 cm³/mol. The van der Waals surface area contributed by atoms with E-state index in [0.29, 0.717) is 15.8 Å². The van der Waals surface area contributed by atoms with E-state index in [9.17, 15) is 15.2 Å². The molecule has 0 amide bonds. The Balaban J connectivity index is 2.03. The van der Waals surface area contributed by atoms with E-state index in [1.807, 2.05) is 6.07 Å². The number of thiophene rings is 1. The van der Waals surface area contributed by atoms with Crippen molar-refractivity contribution in [2.24, 2.45) is 0 Å². The largest absolute Gasteiger partial charge is 0.388 e. The molecule has 1 aliphatic rings. The fraction of sp³-hybridized carbons (Fsp3) is 0.417. The van der Waals surface area contributed by atoms with Crippen LogP contribution in [-0.2, 0) is 0 Å². The average Bonchev–Trinajstić information content (AvgIpc) is 2.93. The Bertz CT molecular complexity index is 628. The second-order valence-electron chi connectivity index (χ2n) is 4.73. The second-order valence-corrected chi connectivity index (χ2v) is 5.79. The lowest BCUT2D eigenvalue weighted by molar-refractivity contribution is -0.384. The molecule has 7 heteroatoms. The summed E-state index contributed by atoms with van der Waals surface area (Å²) in [6.07, 6.45) is 3.32. The van der Waals surface area contributed by atoms with Crippen molar-refractivity contribution in [1.29, 1.82) is 0 Å². The number of nitrogens with zero attached hydrogens (tertiary/aromatic N) is 3. The first-order valence-electron chi connectivity index (χ1n) is 6.08. The normalized spacial score (nSPS) is 16.5. The fourth-order valence-electron chi connectivity index (χ4n) is 1.94. The molecule has 2 aromatic heterocycles. The maximum absolute atomic E-state index is 11.1. The van der Waals surface area contributed by atoms with E-state index in [0.717, 1.165) is 18.5 Å². The lowest BCUT2D eigenvalue weighted by Gasteiger charge is -1.97. The molecule has 1 saturated carbocycles. The van der Waals surface area contributed by atoms with Gasteiger partial charge in [-0.2, -0.15) is 5.10 Å². The van der Waals surface area contributed by atoms with Gasteiger partial charge in [-0.1, -0.05) is 0 Å². The van der Waals surface area contributed by atoms with Crippen LogP contribution in [0, 0.1) is 10.1 Å². The highest BCUT2D eigenvalue weighted by Gasteiger charge is 2.28. The summed E-state index contributed by atoms with van der Waals surface area (Å²) in [5.41, 5.74) is 0.979. The van der Waals surface area contributed by atoms with Crippen molar-refractivity contribution >= 4 is 17.0 Å². The van der Waals surface area contributed by atoms with Crippen molar-refractivity contribution in [3.05, 3.63) is 39.0 Å². The highest BCUT2D eigenvalue weighted by Crippen LogP contribution is 2.40. The maximum Gasteiger partial charge on any atom is 0.306 e. The zero-order chi connectivity index (χ0) is 13.6. The molecule has 0 aliphatic heterocycles. The number of aromatic nitrogens is 2. The van der Waals surface area contributed by atoms with Gasteiger partial charge in [0, 0.05) is 23.1 Å². The molecule has 2 heterocycles. The van der Waals surface area contributed by atoms with Crippen molar-refractivity contribution in [1.82, 2.24) is 9.78 Å². The Kier molecular flexibility index (Phi) is 2.87. The summed E-state index contributed by atoms with van der Waals surface area (Å²) in [5.74, 6) is 0.511. The van der Waals surface area contributed by atoms with Crippen molar-refractivity contribution in [2.75, 3.05) is 0 Å². The average molecular weight is 279 g/mol. The van der Waals surface area contributed by atoms with Crippen LogP contribution in [0.2, 0.25) is 0 Å². The molecule has 0 spiro atoms. The van der Waals surface area contributed by atoms with Crippen LogP contribution in [0.5, 0.6) is 0 Å². The van der Waals surface area contributed by atoms with Gasteiger partial charge in [0.15, 0.2) is 5.00 Å². The lowest BCUT2D eigenvalue weighted by atomic mass is 10.3. The Morgan fingerprint density at radius 3 is 2.95 bits per heavy atom. The maximum atomic E-state index is 11.1. The molecule has 0 aromatic carbocycles. The molecule has 6 nitrogen and oxygen atoms in total. The van der Waals surface area contributed by atoms with Crippen LogP contribution >= 0.6 is 11.3 Å². The summed E-state index contributed by atoms with van der Waals surface area (Å²) in [6.45, 7) is 1.60. The molecule has 0 radical (unpaired) electrons. The molecule has 1 atom stereocenters. The highest BCUT2D eigenvalue weighted by atomic mass is 32.1. The summed E-state index contributed by atoms with van der Waals surface area (Å²) < 4.78 is 1.54. The molecule has 0 saturated heterocycles. The summed E-state index contributed by atoms with van der Waals surface area (Å²) in [4.78, 5) is 11.2. The van der Waals surface area contributed by atoms with Crippen LogP contribution in [0.1, 0.15) is 42.4 Å². The molecule has 1 N–H and O–H groups in total. The number of nitro groups is 1. The standard InChI is InChI=1S/C12H13N3O3S/c1-7(16)11-6-10(15(17)18)12(19-11)14-5-4-9(13-14)8-2-3-8/h4-8,16H,2-3H2,1H3/t7-/m1/s1. The zero-order valence-electron chi connectivity index (χ0n) is 10.3. The zero-order valence-corrected chi connectivity index (χ0v) is 11.1. The number of hydrogen-bond acceptors (Lipinski definition) is 5. The Morgan fingerprint density at radius 1 is 1.63 bits per heavy atom. The quantitative estimate of drug-likeness (QED) is 0.689. The van der Waals surface area contributed by atoms with E-state index >= 15 is 0 Å². The number of hydrogen-bond donors (Lipinski definition) is 1. The lowest BCUT2D eigenvalue weighted by Crippen LogP contribution is -1.97. The topological polar surface area (TPSA) is 81.2 Å². The van der Waals surface area contributed by atoms with E-state index in [-0.39, 0.29) is 5.69 Å². The van der Waals surface area contributed by atoms with Gasteiger partial charge in [0.1, 0.15) is 0 Å². The summed E-state index contributed by atoms with van der Waals surface area (Å²) in [6, 6.07) is 3.33. The third-order valence-electron chi connectivity index (χ3n) is 3.13. The van der Waals surface area contributed by atoms with Gasteiger partial charge >= 0.3 is 5.69 Å². The van der Waals surface area contributed by atoms with Crippen LogP contribution in [-0.4, -0.2) is 19.8 Å². The van der Waals surface area contributed by atoms with Crippen LogP contribution in [0.3, 0.4) is 0 Å². The number of aliphatic hydroxyl groups excluding tert-OH is 1. The SMILES string of the molecule is C[C@@H](O)c1cc([N+](=O)[O-])c(-n2ccc(C3CC3)n2)s1. The minimum absolute atomic E-state index is 0.00801. The summed E-state index contributed by atoms with van der Waals surface area (Å²) in [7, 11) is 0. The molecule has 3 rings (SSSR count). The fourth-order valence-corrected chi connectivity index (χ4v) is 2.94. The minimum atomic E-state index is -0.712. The van der Waals surface area contributed by atoms with E-state index in [1.165, 1.54) is 17.4 Å². The van der Waals surface area contributed by atoms with Crippen LogP contribution < -0.4 is 0 Å². The van der Waals surface area contributed by atoms with E-state index in [4.69, 9.17) is 0 Å². The predicted octanol–water partition coefficient (Wildman–Crippen LogP) is 2.77. The van der Waals surface area contributed by atoms with Gasteiger partial charge in [-0.15, -0.1) is 11.3 Å². The Hall–Kier alpha value is -1.73. The minimum Gasteiger partial charge on any atom is -0.388 e. The number of aliphatic hydroxyl groups is 1. The third kappa shape index (κ3) is 2.26. The monoisotopic (exact) mass is 279 g/mol. The summed E-state index contributed by atoms with van der Waals surface area (Å²) in [5, 5.41) is 25.5. The molecule has 1 fully saturated rings. The third-order valence-corrected chi connectivity index (χ3v) is 4.42. The van der Waals surface area contributed by atoms with Gasteiger partial charge in [0.05, 0.1) is 16.7 Å². The Labute approximate surface area is 113 Å². The molecule has 2 aromatic rings. The van der Waals surface area contributed by atoms with Gasteiger partial charge in [0.25, 0.3) is 0 Å². The highest BCUT2D eigenvalue weighted by molar-refractivity contribution is 7.15. The first-order chi connectivity index (χ1) is 9.06. The van der Waals surface area contributed by atoms with Gasteiger partial charge in [0.2, 0.25) is 0 Å². The van der Waals surface area contributed by atoms with E-state index < -0.39 is 11.0 Å². The molecular weight excluding hydrogens is 266 g/mol. The molecule has 19 heavy (non-hydrogen) atoms. The van der Waals surface area contributed by atoms with E-state index in [2.05, 4.69) is 5.10 Å². The van der Waals surface area contributed by atoms with Crippen LogP contribution in [0.25, 0.3) is 5.00 Å². The smallest absolute Gasteiger partial charge is 0.306 e. The molecule has 100 valence electrons. The van der Waals surface area contributed by atoms with E-state index in [1.54, 1.807) is 17.8 Å². The molecule has 0 unspecified atom stereocenters. The molecule has 1 aliphatic carbocycles. The van der Waals surface area contributed by atoms with Crippen molar-refractivity contribution < 1.29 is 10.0 Å². The number of rotatable bonds is 4. The Morgan fingerprint density at radius 2 is 2.37 bits per heavy atom.